The SMILES string of the molecule is CC(C)N1CCC(Cc2nc([C@@H]3C[C@H](c4ccccc4)N4CCC[C@@H]34)no2)CC1. The highest BCUT2D eigenvalue weighted by Crippen LogP contribution is 2.48. The highest BCUT2D eigenvalue weighted by molar-refractivity contribution is 5.24. The minimum atomic E-state index is 0.406. The Morgan fingerprint density at radius 2 is 1.86 bits per heavy atom. The molecule has 0 amide bonds. The van der Waals surface area contributed by atoms with Crippen molar-refractivity contribution in [2.24, 2.45) is 5.92 Å². The van der Waals surface area contributed by atoms with E-state index in [1.54, 1.807) is 0 Å². The lowest BCUT2D eigenvalue weighted by molar-refractivity contribution is 0.145. The topological polar surface area (TPSA) is 45.4 Å². The first-order valence-electron chi connectivity index (χ1n) is 11.6. The zero-order valence-corrected chi connectivity index (χ0v) is 17.8. The van der Waals surface area contributed by atoms with Gasteiger partial charge in [-0.15, -0.1) is 0 Å². The zero-order valence-electron chi connectivity index (χ0n) is 17.8. The second-order valence-electron chi connectivity index (χ2n) is 9.54. The van der Waals surface area contributed by atoms with E-state index in [9.17, 15) is 0 Å². The van der Waals surface area contributed by atoms with Crippen LogP contribution >= 0.6 is 0 Å². The molecular weight excluding hydrogens is 360 g/mol. The molecule has 3 atom stereocenters. The van der Waals surface area contributed by atoms with Gasteiger partial charge in [0.25, 0.3) is 0 Å². The van der Waals surface area contributed by atoms with Crippen molar-refractivity contribution in [2.75, 3.05) is 19.6 Å². The smallest absolute Gasteiger partial charge is 0.226 e. The Kier molecular flexibility index (Phi) is 5.44. The van der Waals surface area contributed by atoms with Gasteiger partial charge >= 0.3 is 0 Å². The summed E-state index contributed by atoms with van der Waals surface area (Å²) in [6.07, 6.45) is 7.08. The lowest BCUT2D eigenvalue weighted by Crippen LogP contribution is -2.38. The molecule has 1 aromatic carbocycles. The van der Waals surface area contributed by atoms with Crippen LogP contribution in [0.2, 0.25) is 0 Å². The lowest BCUT2D eigenvalue weighted by Gasteiger charge is -2.34. The average Bonchev–Trinajstić information content (AvgIpc) is 3.46. The van der Waals surface area contributed by atoms with Gasteiger partial charge in [0.2, 0.25) is 5.89 Å². The third-order valence-electron chi connectivity index (χ3n) is 7.53. The molecule has 0 saturated carbocycles. The van der Waals surface area contributed by atoms with E-state index in [-0.39, 0.29) is 0 Å². The molecule has 2 aromatic rings. The molecule has 156 valence electrons. The van der Waals surface area contributed by atoms with Crippen molar-refractivity contribution in [2.45, 2.75) is 76.4 Å². The number of nitrogens with zero attached hydrogens (tertiary/aromatic N) is 4. The normalized spacial score (nSPS) is 29.0. The molecule has 0 aliphatic carbocycles. The van der Waals surface area contributed by atoms with Crippen LogP contribution < -0.4 is 0 Å². The number of piperidine rings is 1. The van der Waals surface area contributed by atoms with Crippen LogP contribution in [0.1, 0.15) is 75.2 Å². The summed E-state index contributed by atoms with van der Waals surface area (Å²) >= 11 is 0. The number of aromatic nitrogens is 2. The second kappa shape index (κ2) is 8.19. The van der Waals surface area contributed by atoms with Crippen LogP contribution in [0.3, 0.4) is 0 Å². The Morgan fingerprint density at radius 3 is 2.62 bits per heavy atom. The number of rotatable bonds is 5. The standard InChI is InChI=1S/C24H34N4O/c1-17(2)27-13-10-18(11-14-27)15-23-25-24(26-29-23)20-16-22(19-7-4-3-5-8-19)28-12-6-9-21(20)28/h3-5,7-8,17-18,20-22H,6,9-16H2,1-2H3/t20-,21+,22-/m1/s1. The molecule has 0 unspecified atom stereocenters. The minimum Gasteiger partial charge on any atom is -0.339 e. The van der Waals surface area contributed by atoms with Crippen molar-refractivity contribution in [3.8, 4) is 0 Å². The fourth-order valence-corrected chi connectivity index (χ4v) is 5.87. The van der Waals surface area contributed by atoms with Gasteiger partial charge in [-0.25, -0.2) is 0 Å². The van der Waals surface area contributed by atoms with Crippen LogP contribution in [-0.2, 0) is 6.42 Å². The van der Waals surface area contributed by atoms with Gasteiger partial charge in [-0.3, -0.25) is 4.90 Å². The van der Waals surface area contributed by atoms with E-state index in [1.807, 2.05) is 0 Å². The molecule has 5 nitrogen and oxygen atoms in total. The predicted molar refractivity (Wildman–Crippen MR) is 114 cm³/mol. The van der Waals surface area contributed by atoms with Crippen LogP contribution in [0.25, 0.3) is 0 Å². The Bertz CT molecular complexity index is 796. The summed E-state index contributed by atoms with van der Waals surface area (Å²) in [5.74, 6) is 2.90. The molecule has 3 aliphatic rings. The van der Waals surface area contributed by atoms with Crippen molar-refractivity contribution in [3.05, 3.63) is 47.6 Å². The number of hydrogen-bond donors (Lipinski definition) is 0. The molecule has 5 heteroatoms. The number of fused-ring (bicyclic) bond motifs is 1. The van der Waals surface area contributed by atoms with Crippen molar-refractivity contribution >= 4 is 0 Å². The van der Waals surface area contributed by atoms with Crippen LogP contribution in [0.4, 0.5) is 0 Å². The maximum absolute atomic E-state index is 5.75. The van der Waals surface area contributed by atoms with Gasteiger partial charge < -0.3 is 9.42 Å². The van der Waals surface area contributed by atoms with E-state index in [1.165, 1.54) is 50.9 Å². The van der Waals surface area contributed by atoms with Crippen LogP contribution in [0.5, 0.6) is 0 Å². The Hall–Kier alpha value is -1.72. The van der Waals surface area contributed by atoms with Gasteiger partial charge in [0.05, 0.1) is 0 Å². The molecule has 3 aliphatic heterocycles. The lowest BCUT2D eigenvalue weighted by atomic mass is 9.92. The van der Waals surface area contributed by atoms with E-state index in [0.29, 0.717) is 30.0 Å². The largest absolute Gasteiger partial charge is 0.339 e. The van der Waals surface area contributed by atoms with Crippen molar-refractivity contribution in [3.63, 3.8) is 0 Å². The maximum atomic E-state index is 5.75. The predicted octanol–water partition coefficient (Wildman–Crippen LogP) is 4.43. The maximum Gasteiger partial charge on any atom is 0.226 e. The highest BCUT2D eigenvalue weighted by Gasteiger charge is 2.46. The number of likely N-dealkylation sites (tertiary alicyclic amines) is 1. The summed E-state index contributed by atoms with van der Waals surface area (Å²) in [7, 11) is 0. The monoisotopic (exact) mass is 394 g/mol. The highest BCUT2D eigenvalue weighted by atomic mass is 16.5. The summed E-state index contributed by atoms with van der Waals surface area (Å²) < 4.78 is 5.75. The van der Waals surface area contributed by atoms with E-state index in [4.69, 9.17) is 9.51 Å². The summed E-state index contributed by atoms with van der Waals surface area (Å²) in [6, 6.07) is 12.7. The van der Waals surface area contributed by atoms with Crippen LogP contribution in [0.15, 0.2) is 34.9 Å². The molecule has 5 rings (SSSR count). The molecule has 0 N–H and O–H groups in total. The summed E-state index contributed by atoms with van der Waals surface area (Å²) in [4.78, 5) is 10.2. The third kappa shape index (κ3) is 3.87. The molecule has 0 radical (unpaired) electrons. The first kappa shape index (κ1) is 19.3. The van der Waals surface area contributed by atoms with E-state index >= 15 is 0 Å². The van der Waals surface area contributed by atoms with E-state index in [0.717, 1.165) is 24.6 Å². The zero-order chi connectivity index (χ0) is 19.8. The van der Waals surface area contributed by atoms with Gasteiger partial charge in [0, 0.05) is 30.5 Å². The summed E-state index contributed by atoms with van der Waals surface area (Å²) in [6.45, 7) is 8.17. The van der Waals surface area contributed by atoms with Gasteiger partial charge in [0.1, 0.15) is 0 Å². The van der Waals surface area contributed by atoms with Crippen molar-refractivity contribution < 1.29 is 4.52 Å². The van der Waals surface area contributed by atoms with Gasteiger partial charge in [-0.1, -0.05) is 35.5 Å². The summed E-state index contributed by atoms with van der Waals surface area (Å²) in [5, 5.41) is 4.47. The molecule has 3 fully saturated rings. The number of benzene rings is 1. The first-order chi connectivity index (χ1) is 14.2. The van der Waals surface area contributed by atoms with Gasteiger partial charge in [0.15, 0.2) is 5.82 Å². The molecule has 3 saturated heterocycles. The van der Waals surface area contributed by atoms with Crippen molar-refractivity contribution in [1.29, 1.82) is 0 Å². The number of hydrogen-bond acceptors (Lipinski definition) is 5. The van der Waals surface area contributed by atoms with Gasteiger partial charge in [-0.05, 0) is 77.1 Å². The Morgan fingerprint density at radius 1 is 1.07 bits per heavy atom. The quantitative estimate of drug-likeness (QED) is 0.751. The third-order valence-corrected chi connectivity index (χ3v) is 7.53. The van der Waals surface area contributed by atoms with E-state index in [2.05, 4.69) is 59.1 Å². The average molecular weight is 395 g/mol. The molecule has 4 heterocycles. The molecule has 29 heavy (non-hydrogen) atoms. The Balaban J connectivity index is 1.26. The first-order valence-corrected chi connectivity index (χ1v) is 11.6. The summed E-state index contributed by atoms with van der Waals surface area (Å²) in [5.41, 5.74) is 1.43. The molecule has 0 bridgehead atoms. The second-order valence-corrected chi connectivity index (χ2v) is 9.54. The van der Waals surface area contributed by atoms with E-state index < -0.39 is 0 Å². The van der Waals surface area contributed by atoms with Crippen LogP contribution in [-0.4, -0.2) is 51.7 Å². The van der Waals surface area contributed by atoms with Gasteiger partial charge in [-0.2, -0.15) is 4.98 Å². The van der Waals surface area contributed by atoms with Crippen molar-refractivity contribution in [1.82, 2.24) is 19.9 Å². The minimum absolute atomic E-state index is 0.406. The molecular formula is C24H34N4O. The Labute approximate surface area is 174 Å². The fraction of sp³-hybridized carbons (Fsp3) is 0.667. The molecule has 0 spiro atoms. The molecule has 1 aromatic heterocycles. The van der Waals surface area contributed by atoms with Crippen LogP contribution in [0, 0.1) is 5.92 Å². The fourth-order valence-electron chi connectivity index (χ4n) is 5.87.